The number of nitrogens with one attached hydrogen (secondary N) is 4. The van der Waals surface area contributed by atoms with Crippen LogP contribution in [0, 0.1) is 17.8 Å². The highest BCUT2D eigenvalue weighted by atomic mass is 16.5. The Bertz CT molecular complexity index is 979. The first kappa shape index (κ1) is 30.1. The molecule has 1 saturated heterocycles. The summed E-state index contributed by atoms with van der Waals surface area (Å²) in [7, 11) is 0. The smallest absolute Gasteiger partial charge is 0.408 e. The molecule has 3 rings (SSSR count). The molecule has 0 spiro atoms. The second-order valence-electron chi connectivity index (χ2n) is 11.0. The molecule has 4 amide bonds. The molecular weight excluding hydrogens is 500 g/mol. The van der Waals surface area contributed by atoms with Gasteiger partial charge in [0.1, 0.15) is 25.0 Å². The normalized spacial score (nSPS) is 19.9. The zero-order chi connectivity index (χ0) is 28.2. The van der Waals surface area contributed by atoms with E-state index in [1.807, 2.05) is 30.3 Å². The molecule has 1 aromatic carbocycles. The van der Waals surface area contributed by atoms with Crippen LogP contribution in [0.2, 0.25) is 0 Å². The van der Waals surface area contributed by atoms with Crippen LogP contribution in [-0.4, -0.2) is 54.8 Å². The van der Waals surface area contributed by atoms with Gasteiger partial charge in [-0.1, -0.05) is 76.3 Å². The third-order valence-corrected chi connectivity index (χ3v) is 7.56. The maximum Gasteiger partial charge on any atom is 0.408 e. The van der Waals surface area contributed by atoms with Crippen LogP contribution in [0.25, 0.3) is 0 Å². The quantitative estimate of drug-likeness (QED) is 0.282. The highest BCUT2D eigenvalue weighted by molar-refractivity contribution is 5.92. The predicted molar refractivity (Wildman–Crippen MR) is 145 cm³/mol. The fraction of sp³-hybridized carbons (Fsp3) is 0.621. The molecule has 10 nitrogen and oxygen atoms in total. The zero-order valence-electron chi connectivity index (χ0n) is 22.9. The molecule has 4 atom stereocenters. The second kappa shape index (κ2) is 15.2. The van der Waals surface area contributed by atoms with Crippen molar-refractivity contribution in [3.05, 3.63) is 35.9 Å². The minimum Gasteiger partial charge on any atom is -0.445 e. The van der Waals surface area contributed by atoms with E-state index in [2.05, 4.69) is 21.3 Å². The van der Waals surface area contributed by atoms with Crippen LogP contribution in [0.15, 0.2) is 30.3 Å². The van der Waals surface area contributed by atoms with Gasteiger partial charge in [-0.2, -0.15) is 0 Å². The Morgan fingerprint density at radius 2 is 1.69 bits per heavy atom. The molecule has 10 heteroatoms. The van der Waals surface area contributed by atoms with Gasteiger partial charge in [0.25, 0.3) is 0 Å². The van der Waals surface area contributed by atoms with Crippen molar-refractivity contribution in [3.63, 3.8) is 0 Å². The third-order valence-electron chi connectivity index (χ3n) is 7.56. The summed E-state index contributed by atoms with van der Waals surface area (Å²) >= 11 is 0. The van der Waals surface area contributed by atoms with Crippen LogP contribution in [0.1, 0.15) is 70.8 Å². The number of benzene rings is 1. The number of hydrogen-bond donors (Lipinski definition) is 4. The molecule has 39 heavy (non-hydrogen) atoms. The average Bonchev–Trinajstić information content (AvgIpc) is 3.34. The molecule has 1 aliphatic heterocycles. The average molecular weight is 543 g/mol. The minimum atomic E-state index is -0.918. The van der Waals surface area contributed by atoms with Crippen molar-refractivity contribution < 1.29 is 28.7 Å². The van der Waals surface area contributed by atoms with Gasteiger partial charge in [0.05, 0.1) is 6.04 Å². The van der Waals surface area contributed by atoms with E-state index in [-0.39, 0.29) is 36.7 Å². The number of alkyl carbamates (subject to hydrolysis) is 1. The summed E-state index contributed by atoms with van der Waals surface area (Å²) in [4.78, 5) is 62.9. The van der Waals surface area contributed by atoms with Crippen molar-refractivity contribution in [3.8, 4) is 0 Å². The summed E-state index contributed by atoms with van der Waals surface area (Å²) in [6.07, 6.45) is 6.43. The lowest BCUT2D eigenvalue weighted by Gasteiger charge is -2.29. The number of amides is 4. The topological polar surface area (TPSA) is 143 Å². The lowest BCUT2D eigenvalue weighted by Crippen LogP contribution is -2.57. The van der Waals surface area contributed by atoms with Gasteiger partial charge in [0.2, 0.25) is 17.7 Å². The van der Waals surface area contributed by atoms with Crippen molar-refractivity contribution in [2.75, 3.05) is 6.54 Å². The number of carbonyl (C=O) groups is 5. The lowest BCUT2D eigenvalue weighted by molar-refractivity contribution is -0.132. The molecule has 0 unspecified atom stereocenters. The lowest BCUT2D eigenvalue weighted by atomic mass is 9.84. The summed E-state index contributed by atoms with van der Waals surface area (Å²) in [5.41, 5.74) is 0.822. The molecule has 1 heterocycles. The van der Waals surface area contributed by atoms with E-state index in [0.29, 0.717) is 25.7 Å². The third kappa shape index (κ3) is 9.67. The molecular formula is C29H42N4O6. The van der Waals surface area contributed by atoms with E-state index < -0.39 is 36.0 Å². The van der Waals surface area contributed by atoms with Gasteiger partial charge in [0, 0.05) is 12.5 Å². The van der Waals surface area contributed by atoms with Gasteiger partial charge in [-0.15, -0.1) is 0 Å². The van der Waals surface area contributed by atoms with Crippen LogP contribution >= 0.6 is 0 Å². The highest BCUT2D eigenvalue weighted by Gasteiger charge is 2.33. The summed E-state index contributed by atoms with van der Waals surface area (Å²) < 4.78 is 5.29. The van der Waals surface area contributed by atoms with Crippen LogP contribution < -0.4 is 21.3 Å². The number of ether oxygens (including phenoxy) is 1. The first-order valence-electron chi connectivity index (χ1n) is 14.1. The largest absolute Gasteiger partial charge is 0.445 e. The monoisotopic (exact) mass is 542 g/mol. The van der Waals surface area contributed by atoms with Crippen molar-refractivity contribution in [1.82, 2.24) is 21.3 Å². The van der Waals surface area contributed by atoms with Crippen molar-refractivity contribution in [2.45, 2.75) is 89.9 Å². The standard InChI is InChI=1S/C29H42N4O6/c1-19(2)25(33-29(38)39-18-21-11-7-4-8-12-21)28(37)32-24(15-20-9-5-3-6-10-20)27(36)31-23(17-34)16-22-13-14-30-26(22)35/h4,7-8,11-12,17,19-20,22-25H,3,5-6,9-10,13-16,18H2,1-2H3,(H,30,35)(H,31,36)(H,32,37)(H,33,38)/t22-,23-,24-,25-/m0/s1. The van der Waals surface area contributed by atoms with Gasteiger partial charge in [-0.05, 0) is 36.7 Å². The molecule has 0 bridgehead atoms. The number of rotatable bonds is 13. The molecule has 2 fully saturated rings. The van der Waals surface area contributed by atoms with Crippen LogP contribution in [0.3, 0.4) is 0 Å². The zero-order valence-corrected chi connectivity index (χ0v) is 22.9. The maximum atomic E-state index is 13.4. The fourth-order valence-corrected chi connectivity index (χ4v) is 5.28. The van der Waals surface area contributed by atoms with E-state index in [0.717, 1.165) is 37.7 Å². The molecule has 1 aliphatic carbocycles. The minimum absolute atomic E-state index is 0.0674. The Balaban J connectivity index is 1.64. The summed E-state index contributed by atoms with van der Waals surface area (Å²) in [5.74, 6) is -1.40. The van der Waals surface area contributed by atoms with Gasteiger partial charge in [0.15, 0.2) is 0 Å². The van der Waals surface area contributed by atoms with E-state index >= 15 is 0 Å². The Labute approximate surface area is 230 Å². The molecule has 0 radical (unpaired) electrons. The Morgan fingerprint density at radius 1 is 0.974 bits per heavy atom. The summed E-state index contributed by atoms with van der Waals surface area (Å²) in [6, 6.07) is 6.60. The van der Waals surface area contributed by atoms with Crippen LogP contribution in [-0.2, 0) is 30.5 Å². The van der Waals surface area contributed by atoms with E-state index in [9.17, 15) is 24.0 Å². The fourth-order valence-electron chi connectivity index (χ4n) is 5.28. The van der Waals surface area contributed by atoms with Gasteiger partial charge in [-0.25, -0.2) is 4.79 Å². The number of aldehydes is 1. The van der Waals surface area contributed by atoms with Gasteiger partial charge < -0.3 is 30.8 Å². The summed E-state index contributed by atoms with van der Waals surface area (Å²) in [5, 5.41) is 11.0. The first-order valence-corrected chi connectivity index (χ1v) is 14.1. The Morgan fingerprint density at radius 3 is 2.31 bits per heavy atom. The Kier molecular flexibility index (Phi) is 11.8. The molecule has 1 saturated carbocycles. The van der Waals surface area contributed by atoms with Crippen molar-refractivity contribution >= 4 is 30.1 Å². The van der Waals surface area contributed by atoms with Crippen LogP contribution in [0.4, 0.5) is 4.79 Å². The molecule has 1 aromatic rings. The van der Waals surface area contributed by atoms with Crippen molar-refractivity contribution in [1.29, 1.82) is 0 Å². The molecule has 2 aliphatic rings. The highest BCUT2D eigenvalue weighted by Crippen LogP contribution is 2.27. The number of hydrogen-bond acceptors (Lipinski definition) is 6. The molecule has 4 N–H and O–H groups in total. The second-order valence-corrected chi connectivity index (χ2v) is 11.0. The van der Waals surface area contributed by atoms with E-state index in [4.69, 9.17) is 4.74 Å². The predicted octanol–water partition coefficient (Wildman–Crippen LogP) is 2.60. The van der Waals surface area contributed by atoms with Crippen molar-refractivity contribution in [2.24, 2.45) is 17.8 Å². The summed E-state index contributed by atoms with van der Waals surface area (Å²) in [6.45, 7) is 4.22. The maximum absolute atomic E-state index is 13.4. The Hall–Kier alpha value is -3.43. The SMILES string of the molecule is CC(C)[C@H](NC(=O)OCc1ccccc1)C(=O)N[C@@H](CC1CCCCC1)C(=O)N[C@H](C=O)C[C@@H]1CCNC1=O. The molecule has 214 valence electrons. The first-order chi connectivity index (χ1) is 18.8. The van der Waals surface area contributed by atoms with Gasteiger partial charge in [-0.3, -0.25) is 14.4 Å². The molecule has 0 aromatic heterocycles. The van der Waals surface area contributed by atoms with Crippen LogP contribution in [0.5, 0.6) is 0 Å². The van der Waals surface area contributed by atoms with E-state index in [1.54, 1.807) is 13.8 Å². The van der Waals surface area contributed by atoms with E-state index in [1.165, 1.54) is 0 Å². The van der Waals surface area contributed by atoms with Gasteiger partial charge >= 0.3 is 6.09 Å². The number of carbonyl (C=O) groups excluding carboxylic acids is 5.